The summed E-state index contributed by atoms with van der Waals surface area (Å²) in [6.45, 7) is 15.2. The molecule has 0 fully saturated rings. The standard InChI is InChI=1S/C22H28N2O6S2.C17H17Cl2NO3S.C16H16BrNO3S.C15H13NO4S.C14H11NO5S/c1-3-5-17-31(25,26)29-23-21(19-13-9-7-10-14-19)22(20-15-11-8-12-16-20)24-30-32(27,28)18-6-4-2;1-10-7-11(2)17(12(3)8-10)13(4)20-23-24(21,22)16-9-14(18)5-6-15(16)19;1-12(2)16(13-6-4-3-5-7-13)18-21-22(19,20)15-10-8-14(17)9-11-15;1-21(18,19)20-16-14(12-8-4-2-5-9-12)15(17)13-10-6-3-7-11-13;16-14(17)12-6-8-13(9-7-12)21(18,19)20-15-10-11-4-2-1-3-5-11/h7-16H,3-6,17-18H2,1-2H3;5-9H,1-4H3;3-12H,1-2H3;2-11H,1H3;1-10H,(H,16,17)/b23-21-,24-22-;20-13+;18-16+;16-14-;15-10+. The molecule has 120 heavy (non-hydrogen) atoms. The highest BCUT2D eigenvalue weighted by Gasteiger charge is 2.25. The zero-order valence-electron chi connectivity index (χ0n) is 66.1. The van der Waals surface area contributed by atoms with Crippen molar-refractivity contribution < 1.29 is 90.9 Å². The number of aryl methyl sites for hydroxylation is 3. The van der Waals surface area contributed by atoms with Crippen LogP contribution < -0.4 is 0 Å². The average Bonchev–Trinajstić information content (AvgIpc) is 0.813. The monoisotopic (exact) mass is 1850 g/mol. The molecule has 0 unspecified atom stereocenters. The van der Waals surface area contributed by atoms with E-state index in [2.05, 4.69) is 55.4 Å². The first-order valence-electron chi connectivity index (χ1n) is 36.2. The Morgan fingerprint density at radius 2 is 0.833 bits per heavy atom. The van der Waals surface area contributed by atoms with Crippen LogP contribution in [0.4, 0.5) is 0 Å². The number of hydrogen-bond acceptors (Lipinski definition) is 26. The molecule has 0 heterocycles. The first kappa shape index (κ1) is 97.7. The van der Waals surface area contributed by atoms with E-state index < -0.39 is 72.5 Å². The number of aromatic carboxylic acids is 1. The number of carboxylic acids is 1. The Bertz CT molecular complexity index is 5900. The maximum atomic E-state index is 12.5. The third-order valence-corrected chi connectivity index (χ3v) is 23.0. The van der Waals surface area contributed by atoms with E-state index in [0.717, 1.165) is 50.7 Å². The molecule has 0 amide bonds. The zero-order valence-corrected chi connectivity index (χ0v) is 74.1. The third-order valence-electron chi connectivity index (χ3n) is 15.8. The molecular formula is C84H85BrCl2N6O21S6. The highest BCUT2D eigenvalue weighted by atomic mass is 79.9. The SMILES string of the molecule is C/C(=N\OS(=O)(=O)c1cc(Cl)ccc1Cl)c1c(C)cc(C)cc1C.CC(C)/C(=N\OS(=O)(=O)c1ccc(Br)cc1)c1ccccc1.CCCCS(=O)(=O)O/N=C(\C(=N/OS(=O)(=O)CCCC)c1ccccc1)c1ccccc1.CS(=O)(=O)O/N=C(\C(=O)c1ccccc1)c1ccccc1.O=C(O)c1ccc(S(=O)(=O)O/N=C/c2ccccc2)cc1. The minimum absolute atomic E-state index is 0.0123. The smallest absolute Gasteiger partial charge is 0.360 e. The minimum atomic E-state index is -4.15. The fourth-order valence-electron chi connectivity index (χ4n) is 10.1. The second-order valence-corrected chi connectivity index (χ2v) is 37.0. The largest absolute Gasteiger partial charge is 0.478 e. The first-order valence-corrected chi connectivity index (χ1v) is 46.9. The lowest BCUT2D eigenvalue weighted by Crippen LogP contribution is -2.21. The quantitative estimate of drug-likeness (QED) is 0.0232. The molecule has 10 rings (SSSR count). The number of oxime groups is 6. The van der Waals surface area contributed by atoms with Gasteiger partial charge in [-0.1, -0.05) is 310 Å². The normalized spacial score (nSPS) is 12.3. The Morgan fingerprint density at radius 1 is 0.442 bits per heavy atom. The Kier molecular flexibility index (Phi) is 38.3. The van der Waals surface area contributed by atoms with E-state index >= 15 is 0 Å². The molecule has 36 heteroatoms. The molecule has 0 aliphatic heterocycles. The van der Waals surface area contributed by atoms with E-state index in [1.807, 2.05) is 97.0 Å². The second kappa shape index (κ2) is 47.1. The van der Waals surface area contributed by atoms with Crippen molar-refractivity contribution in [3.8, 4) is 0 Å². The van der Waals surface area contributed by atoms with Gasteiger partial charge in [0.25, 0.3) is 0 Å². The lowest BCUT2D eigenvalue weighted by molar-refractivity contribution is 0.0696. The Balaban J connectivity index is 0.000000235. The van der Waals surface area contributed by atoms with Gasteiger partial charge >= 0.3 is 66.7 Å². The van der Waals surface area contributed by atoms with Gasteiger partial charge in [0.15, 0.2) is 5.71 Å². The highest BCUT2D eigenvalue weighted by molar-refractivity contribution is 9.10. The number of hydrogen-bond donors (Lipinski definition) is 1. The summed E-state index contributed by atoms with van der Waals surface area (Å²) >= 11 is 15.0. The van der Waals surface area contributed by atoms with E-state index in [9.17, 15) is 60.1 Å². The van der Waals surface area contributed by atoms with E-state index in [0.29, 0.717) is 64.9 Å². The fourth-order valence-corrected chi connectivity index (χ4v) is 15.4. The third kappa shape index (κ3) is 32.9. The summed E-state index contributed by atoms with van der Waals surface area (Å²) in [6, 6.07) is 71.5. The summed E-state index contributed by atoms with van der Waals surface area (Å²) in [5.41, 5.74) is 8.38. The molecule has 0 aliphatic rings. The Labute approximate surface area is 718 Å². The van der Waals surface area contributed by atoms with Gasteiger partial charge in [-0.15, -0.1) is 0 Å². The van der Waals surface area contributed by atoms with Gasteiger partial charge in [0, 0.05) is 37.3 Å². The molecule has 0 saturated carbocycles. The number of ketones is 1. The predicted molar refractivity (Wildman–Crippen MR) is 469 cm³/mol. The molecule has 0 aromatic heterocycles. The molecule has 0 aliphatic carbocycles. The van der Waals surface area contributed by atoms with Crippen LogP contribution in [0.15, 0.2) is 311 Å². The van der Waals surface area contributed by atoms with Crippen molar-refractivity contribution in [3.05, 3.63) is 337 Å². The summed E-state index contributed by atoms with van der Waals surface area (Å²) in [6.07, 6.45) is 4.35. The van der Waals surface area contributed by atoms with Gasteiger partial charge < -0.3 is 5.11 Å². The topological polar surface area (TPSA) is 389 Å². The van der Waals surface area contributed by atoms with Crippen LogP contribution in [0.5, 0.6) is 0 Å². The first-order chi connectivity index (χ1) is 56.8. The molecule has 27 nitrogen and oxygen atoms in total. The van der Waals surface area contributed by atoms with E-state index in [1.165, 1.54) is 48.7 Å². The maximum Gasteiger partial charge on any atom is 0.360 e. The number of unbranched alkanes of at least 4 members (excludes halogenated alkanes) is 2. The van der Waals surface area contributed by atoms with E-state index in [-0.39, 0.29) is 64.9 Å². The van der Waals surface area contributed by atoms with Gasteiger partial charge in [-0.3, -0.25) is 30.5 Å². The van der Waals surface area contributed by atoms with Crippen LogP contribution in [0.2, 0.25) is 10.0 Å². The van der Waals surface area contributed by atoms with Crippen LogP contribution >= 0.6 is 39.1 Å². The van der Waals surface area contributed by atoms with Gasteiger partial charge in [-0.25, -0.2) is 4.79 Å². The number of rotatable bonds is 32. The second-order valence-electron chi connectivity index (χ2n) is 25.8. The number of carbonyl (C=O) groups excluding carboxylic acids is 1. The lowest BCUT2D eigenvalue weighted by Gasteiger charge is -2.11. The van der Waals surface area contributed by atoms with Crippen LogP contribution in [0.3, 0.4) is 0 Å². The molecule has 634 valence electrons. The lowest BCUT2D eigenvalue weighted by atomic mass is 9.97. The van der Waals surface area contributed by atoms with Crippen molar-refractivity contribution in [3.63, 3.8) is 0 Å². The predicted octanol–water partition coefficient (Wildman–Crippen LogP) is 17.7. The molecule has 0 saturated heterocycles. The molecule has 1 N–H and O–H groups in total. The van der Waals surface area contributed by atoms with Crippen molar-refractivity contribution in [2.75, 3.05) is 17.8 Å². The van der Waals surface area contributed by atoms with Gasteiger partial charge in [-0.2, -0.15) is 50.5 Å². The van der Waals surface area contributed by atoms with Crippen molar-refractivity contribution in [2.24, 2.45) is 36.9 Å². The fraction of sp³-hybridized carbons (Fsp3) is 0.190. The van der Waals surface area contributed by atoms with Gasteiger partial charge in [0.1, 0.15) is 26.1 Å². The summed E-state index contributed by atoms with van der Waals surface area (Å²) in [7, 11) is -23.8. The number of carbonyl (C=O) groups is 2. The number of Topliss-reactive ketones (excluding diaryl/α,β-unsaturated/α-hetero) is 1. The zero-order chi connectivity index (χ0) is 88.3. The number of benzene rings is 10. The van der Waals surface area contributed by atoms with Crippen LogP contribution in [0.25, 0.3) is 0 Å². The van der Waals surface area contributed by atoms with Gasteiger partial charge in [-0.05, 0) is 135 Å². The number of nitrogens with zero attached hydrogens (tertiary/aromatic N) is 6. The number of halogens is 3. The molecule has 10 aromatic rings. The Morgan fingerprint density at radius 3 is 1.26 bits per heavy atom. The van der Waals surface area contributed by atoms with Crippen molar-refractivity contribution in [1.82, 2.24) is 0 Å². The van der Waals surface area contributed by atoms with Gasteiger partial charge in [0.05, 0.1) is 46.0 Å². The minimum Gasteiger partial charge on any atom is -0.478 e. The molecular weight excluding hydrogens is 1770 g/mol. The van der Waals surface area contributed by atoms with Crippen molar-refractivity contribution >= 4 is 146 Å². The van der Waals surface area contributed by atoms with E-state index in [1.54, 1.807) is 165 Å². The van der Waals surface area contributed by atoms with Crippen LogP contribution in [0.1, 0.15) is 131 Å². The van der Waals surface area contributed by atoms with Crippen molar-refractivity contribution in [2.45, 2.75) is 95.8 Å². The molecule has 0 radical (unpaired) electrons. The summed E-state index contributed by atoms with van der Waals surface area (Å²) in [5, 5.41) is 31.4. The van der Waals surface area contributed by atoms with Gasteiger partial charge in [0.2, 0.25) is 5.78 Å². The number of carboxylic acid groups (broad SMARTS) is 1. The van der Waals surface area contributed by atoms with Crippen LogP contribution in [0, 0.1) is 26.7 Å². The maximum absolute atomic E-state index is 12.5. The summed E-state index contributed by atoms with van der Waals surface area (Å²) < 4.78 is 173. The van der Waals surface area contributed by atoms with Crippen molar-refractivity contribution in [1.29, 1.82) is 0 Å². The van der Waals surface area contributed by atoms with Crippen LogP contribution in [-0.4, -0.2) is 120 Å². The van der Waals surface area contributed by atoms with Crippen LogP contribution in [-0.2, 0) is 86.4 Å². The molecule has 0 bridgehead atoms. The van der Waals surface area contributed by atoms with E-state index in [4.69, 9.17) is 45.4 Å². The summed E-state index contributed by atoms with van der Waals surface area (Å²) in [4.78, 5) is 22.8. The molecule has 0 atom stereocenters. The highest BCUT2D eigenvalue weighted by Crippen LogP contribution is 2.28. The molecule has 0 spiro atoms. The average molecular weight is 1860 g/mol. The molecule has 10 aromatic carbocycles. The summed E-state index contributed by atoms with van der Waals surface area (Å²) in [5.74, 6) is -1.89. The Hall–Kier alpha value is -11.1.